The Balaban J connectivity index is 1.94. The lowest BCUT2D eigenvalue weighted by Crippen LogP contribution is -2.57. The molecule has 4 heteroatoms. The highest BCUT2D eigenvalue weighted by molar-refractivity contribution is 5.82. The predicted octanol–water partition coefficient (Wildman–Crippen LogP) is 1.10. The molecule has 2 atom stereocenters. The van der Waals surface area contributed by atoms with Gasteiger partial charge < -0.3 is 16.0 Å². The summed E-state index contributed by atoms with van der Waals surface area (Å²) < 4.78 is 0. The largest absolute Gasteiger partial charge is 0.353 e. The number of fused-ring (bicyclic) bond motifs is 2. The van der Waals surface area contributed by atoms with Crippen molar-refractivity contribution in [1.82, 2.24) is 10.2 Å². The zero-order valence-electron chi connectivity index (χ0n) is 11.9. The molecule has 18 heavy (non-hydrogen) atoms. The van der Waals surface area contributed by atoms with Gasteiger partial charge in [-0.15, -0.1) is 0 Å². The van der Waals surface area contributed by atoms with Gasteiger partial charge in [0.2, 0.25) is 5.91 Å². The van der Waals surface area contributed by atoms with E-state index in [0.29, 0.717) is 24.7 Å². The van der Waals surface area contributed by atoms with E-state index in [2.05, 4.69) is 17.3 Å². The van der Waals surface area contributed by atoms with E-state index in [0.717, 1.165) is 12.8 Å². The first-order chi connectivity index (χ1) is 8.44. The lowest BCUT2D eigenvalue weighted by atomic mass is 9.81. The molecule has 2 rings (SSSR count). The molecular formula is C14H27N3O. The molecule has 2 heterocycles. The molecule has 0 aromatic carbocycles. The number of rotatable bonds is 3. The summed E-state index contributed by atoms with van der Waals surface area (Å²) in [6.45, 7) is 4.23. The SMILES string of the molecule is CN1C2CCCC1CC(NC(=O)C(C)(C)CN)C2. The highest BCUT2D eigenvalue weighted by Gasteiger charge is 2.37. The number of hydrogen-bond donors (Lipinski definition) is 2. The summed E-state index contributed by atoms with van der Waals surface area (Å²) in [7, 11) is 2.23. The first-order valence-corrected chi connectivity index (χ1v) is 7.17. The summed E-state index contributed by atoms with van der Waals surface area (Å²) in [5.74, 6) is 0.109. The Hall–Kier alpha value is -0.610. The van der Waals surface area contributed by atoms with Crippen molar-refractivity contribution in [2.24, 2.45) is 11.1 Å². The van der Waals surface area contributed by atoms with Crippen LogP contribution in [0, 0.1) is 5.41 Å². The number of hydrogen-bond acceptors (Lipinski definition) is 3. The molecule has 3 N–H and O–H groups in total. The number of nitrogens with two attached hydrogens (primary N) is 1. The maximum atomic E-state index is 12.2. The van der Waals surface area contributed by atoms with Crippen molar-refractivity contribution >= 4 is 5.91 Å². The van der Waals surface area contributed by atoms with Gasteiger partial charge in [0.05, 0.1) is 5.41 Å². The van der Waals surface area contributed by atoms with Crippen molar-refractivity contribution in [3.8, 4) is 0 Å². The second-order valence-electron chi connectivity index (χ2n) is 6.63. The van der Waals surface area contributed by atoms with Crippen LogP contribution in [-0.4, -0.2) is 42.5 Å². The topological polar surface area (TPSA) is 58.4 Å². The van der Waals surface area contributed by atoms with E-state index in [4.69, 9.17) is 5.73 Å². The first-order valence-electron chi connectivity index (χ1n) is 7.17. The van der Waals surface area contributed by atoms with Crippen LogP contribution in [0.1, 0.15) is 46.0 Å². The quantitative estimate of drug-likeness (QED) is 0.792. The van der Waals surface area contributed by atoms with Crippen LogP contribution < -0.4 is 11.1 Å². The Labute approximate surface area is 110 Å². The fourth-order valence-electron chi connectivity index (χ4n) is 3.21. The maximum absolute atomic E-state index is 12.2. The van der Waals surface area contributed by atoms with E-state index in [1.807, 2.05) is 13.8 Å². The smallest absolute Gasteiger partial charge is 0.227 e. The van der Waals surface area contributed by atoms with Crippen LogP contribution in [0.2, 0.25) is 0 Å². The van der Waals surface area contributed by atoms with Crippen LogP contribution in [0.4, 0.5) is 0 Å². The van der Waals surface area contributed by atoms with Gasteiger partial charge >= 0.3 is 0 Å². The minimum atomic E-state index is -0.446. The van der Waals surface area contributed by atoms with Gasteiger partial charge in [-0.2, -0.15) is 0 Å². The average Bonchev–Trinajstić information content (AvgIpc) is 2.30. The third kappa shape index (κ3) is 2.69. The van der Waals surface area contributed by atoms with Gasteiger partial charge in [0.25, 0.3) is 0 Å². The van der Waals surface area contributed by atoms with E-state index in [1.54, 1.807) is 0 Å². The van der Waals surface area contributed by atoms with Crippen molar-refractivity contribution < 1.29 is 4.79 Å². The molecule has 1 amide bonds. The molecule has 2 unspecified atom stereocenters. The molecule has 0 saturated carbocycles. The summed E-state index contributed by atoms with van der Waals surface area (Å²) >= 11 is 0. The molecule has 0 spiro atoms. The monoisotopic (exact) mass is 253 g/mol. The lowest BCUT2D eigenvalue weighted by Gasteiger charge is -2.47. The standard InChI is InChI=1S/C14H27N3O/c1-14(2,9-15)13(18)16-10-7-11-5-4-6-12(8-10)17(11)3/h10-12H,4-9,15H2,1-3H3,(H,16,18). The second-order valence-corrected chi connectivity index (χ2v) is 6.63. The number of nitrogens with one attached hydrogen (secondary N) is 1. The van der Waals surface area contributed by atoms with Crippen LogP contribution in [0.15, 0.2) is 0 Å². The fraction of sp³-hybridized carbons (Fsp3) is 0.929. The van der Waals surface area contributed by atoms with Crippen molar-refractivity contribution in [1.29, 1.82) is 0 Å². The predicted molar refractivity (Wildman–Crippen MR) is 73.2 cm³/mol. The normalized spacial score (nSPS) is 33.2. The van der Waals surface area contributed by atoms with Crippen LogP contribution in [0.5, 0.6) is 0 Å². The van der Waals surface area contributed by atoms with Crippen molar-refractivity contribution in [3.63, 3.8) is 0 Å². The minimum Gasteiger partial charge on any atom is -0.353 e. The molecule has 0 aliphatic carbocycles. The molecule has 2 aliphatic heterocycles. The number of carbonyl (C=O) groups is 1. The summed E-state index contributed by atoms with van der Waals surface area (Å²) in [6, 6.07) is 1.66. The fourth-order valence-corrected chi connectivity index (χ4v) is 3.21. The summed E-state index contributed by atoms with van der Waals surface area (Å²) in [5.41, 5.74) is 5.21. The van der Waals surface area contributed by atoms with Crippen LogP contribution in [-0.2, 0) is 4.79 Å². The molecule has 0 aromatic heterocycles. The second kappa shape index (κ2) is 5.17. The zero-order chi connectivity index (χ0) is 13.3. The van der Waals surface area contributed by atoms with Gasteiger partial charge in [-0.05, 0) is 46.6 Å². The molecule has 0 aromatic rings. The Morgan fingerprint density at radius 1 is 1.33 bits per heavy atom. The molecule has 2 saturated heterocycles. The van der Waals surface area contributed by atoms with Gasteiger partial charge in [0, 0.05) is 24.7 Å². The van der Waals surface area contributed by atoms with E-state index < -0.39 is 5.41 Å². The Bertz CT molecular complexity index is 302. The van der Waals surface area contributed by atoms with Crippen LogP contribution in [0.25, 0.3) is 0 Å². The van der Waals surface area contributed by atoms with Crippen LogP contribution in [0.3, 0.4) is 0 Å². The highest BCUT2D eigenvalue weighted by Crippen LogP contribution is 2.32. The number of nitrogens with zero attached hydrogens (tertiary/aromatic N) is 1. The lowest BCUT2D eigenvalue weighted by molar-refractivity contribution is -0.130. The van der Waals surface area contributed by atoms with E-state index in [1.165, 1.54) is 19.3 Å². The Morgan fingerprint density at radius 3 is 2.39 bits per heavy atom. The van der Waals surface area contributed by atoms with Crippen molar-refractivity contribution in [3.05, 3.63) is 0 Å². The number of piperidine rings is 2. The van der Waals surface area contributed by atoms with Crippen molar-refractivity contribution in [2.75, 3.05) is 13.6 Å². The molecule has 104 valence electrons. The Kier molecular flexibility index (Phi) is 3.97. The van der Waals surface area contributed by atoms with E-state index >= 15 is 0 Å². The van der Waals surface area contributed by atoms with Crippen molar-refractivity contribution in [2.45, 2.75) is 64.1 Å². The zero-order valence-corrected chi connectivity index (χ0v) is 11.9. The highest BCUT2D eigenvalue weighted by atomic mass is 16.2. The number of carbonyl (C=O) groups excluding carboxylic acids is 1. The molecule has 0 radical (unpaired) electrons. The maximum Gasteiger partial charge on any atom is 0.227 e. The summed E-state index contributed by atoms with van der Waals surface area (Å²) in [6.07, 6.45) is 6.09. The molecular weight excluding hydrogens is 226 g/mol. The van der Waals surface area contributed by atoms with Gasteiger partial charge in [0.1, 0.15) is 0 Å². The van der Waals surface area contributed by atoms with E-state index in [9.17, 15) is 4.79 Å². The first kappa shape index (κ1) is 13.8. The Morgan fingerprint density at radius 2 is 1.89 bits per heavy atom. The molecule has 4 nitrogen and oxygen atoms in total. The molecule has 2 fully saturated rings. The third-order valence-electron chi connectivity index (χ3n) is 4.80. The van der Waals surface area contributed by atoms with Gasteiger partial charge in [-0.1, -0.05) is 6.42 Å². The summed E-state index contributed by atoms with van der Waals surface area (Å²) in [5, 5.41) is 3.21. The minimum absolute atomic E-state index is 0.109. The summed E-state index contributed by atoms with van der Waals surface area (Å²) in [4.78, 5) is 14.7. The average molecular weight is 253 g/mol. The van der Waals surface area contributed by atoms with Crippen LogP contribution >= 0.6 is 0 Å². The number of amides is 1. The van der Waals surface area contributed by atoms with Gasteiger partial charge in [0.15, 0.2) is 0 Å². The molecule has 2 bridgehead atoms. The molecule has 2 aliphatic rings. The third-order valence-corrected chi connectivity index (χ3v) is 4.80. The van der Waals surface area contributed by atoms with E-state index in [-0.39, 0.29) is 5.91 Å². The van der Waals surface area contributed by atoms with Gasteiger partial charge in [-0.3, -0.25) is 4.79 Å². The van der Waals surface area contributed by atoms with Gasteiger partial charge in [-0.25, -0.2) is 0 Å².